The van der Waals surface area contributed by atoms with Crippen molar-refractivity contribution >= 4 is 17.0 Å². The Morgan fingerprint density at radius 1 is 1.04 bits per heavy atom. The molecule has 0 radical (unpaired) electrons. The quantitative estimate of drug-likeness (QED) is 0.670. The van der Waals surface area contributed by atoms with Gasteiger partial charge in [0.05, 0.1) is 0 Å². The van der Waals surface area contributed by atoms with E-state index in [-0.39, 0.29) is 5.63 Å². The maximum Gasteiger partial charge on any atom is 0.339 e. The van der Waals surface area contributed by atoms with E-state index < -0.39 is 0 Å². The van der Waals surface area contributed by atoms with E-state index in [1.54, 1.807) is 0 Å². The first-order valence-corrected chi connectivity index (χ1v) is 8.24. The lowest BCUT2D eigenvalue weighted by Crippen LogP contribution is -2.06. The second-order valence-electron chi connectivity index (χ2n) is 5.98. The summed E-state index contributed by atoms with van der Waals surface area (Å²) in [6.07, 6.45) is 6.81. The van der Waals surface area contributed by atoms with Gasteiger partial charge in [-0.25, -0.2) is 4.79 Å². The van der Waals surface area contributed by atoms with E-state index in [0.717, 1.165) is 41.3 Å². The Morgan fingerprint density at radius 3 is 2.75 bits per heavy atom. The standard InChI is InChI=1S/C21H18O3/c22-21-19-10-4-9-17(19)18-12-11-16(14-20(18)24-21)23-13-5-8-15-6-2-1-3-7-15/h1-3,5-8,11-12,14H,4,9-10,13H2. The summed E-state index contributed by atoms with van der Waals surface area (Å²) in [5, 5.41) is 1.04. The van der Waals surface area contributed by atoms with E-state index in [2.05, 4.69) is 0 Å². The summed E-state index contributed by atoms with van der Waals surface area (Å²) in [7, 11) is 0. The molecule has 0 aliphatic heterocycles. The average Bonchev–Trinajstić information content (AvgIpc) is 3.10. The topological polar surface area (TPSA) is 39.4 Å². The van der Waals surface area contributed by atoms with Gasteiger partial charge < -0.3 is 9.15 Å². The molecule has 1 aliphatic carbocycles. The summed E-state index contributed by atoms with van der Waals surface area (Å²) in [5.74, 6) is 0.710. The van der Waals surface area contributed by atoms with E-state index >= 15 is 0 Å². The van der Waals surface area contributed by atoms with Crippen LogP contribution in [-0.2, 0) is 12.8 Å². The third-order valence-electron chi connectivity index (χ3n) is 4.40. The molecule has 0 atom stereocenters. The highest BCUT2D eigenvalue weighted by molar-refractivity contribution is 5.83. The molecule has 1 aliphatic rings. The number of hydrogen-bond donors (Lipinski definition) is 0. The van der Waals surface area contributed by atoms with Crippen LogP contribution in [0.4, 0.5) is 0 Å². The highest BCUT2D eigenvalue weighted by Gasteiger charge is 2.19. The van der Waals surface area contributed by atoms with Crippen LogP contribution in [0.25, 0.3) is 17.0 Å². The lowest BCUT2D eigenvalue weighted by atomic mass is 10.1. The molecule has 3 heteroatoms. The van der Waals surface area contributed by atoms with Gasteiger partial charge in [-0.3, -0.25) is 0 Å². The van der Waals surface area contributed by atoms with Crippen molar-refractivity contribution in [1.82, 2.24) is 0 Å². The monoisotopic (exact) mass is 318 g/mol. The van der Waals surface area contributed by atoms with Gasteiger partial charge in [-0.15, -0.1) is 0 Å². The minimum atomic E-state index is -0.198. The third-order valence-corrected chi connectivity index (χ3v) is 4.40. The maximum atomic E-state index is 12.0. The zero-order chi connectivity index (χ0) is 16.4. The number of aryl methyl sites for hydroxylation is 1. The van der Waals surface area contributed by atoms with Crippen molar-refractivity contribution in [2.24, 2.45) is 0 Å². The maximum absolute atomic E-state index is 12.0. The van der Waals surface area contributed by atoms with Gasteiger partial charge in [0.15, 0.2) is 0 Å². The minimum Gasteiger partial charge on any atom is -0.489 e. The summed E-state index contributed by atoms with van der Waals surface area (Å²) >= 11 is 0. The first-order valence-electron chi connectivity index (χ1n) is 8.24. The van der Waals surface area contributed by atoms with Crippen LogP contribution < -0.4 is 10.4 Å². The smallest absolute Gasteiger partial charge is 0.339 e. The molecule has 120 valence electrons. The lowest BCUT2D eigenvalue weighted by Gasteiger charge is -2.07. The second kappa shape index (κ2) is 6.36. The predicted molar refractivity (Wildman–Crippen MR) is 95.5 cm³/mol. The summed E-state index contributed by atoms with van der Waals surface area (Å²) in [4.78, 5) is 12.0. The van der Waals surface area contributed by atoms with Gasteiger partial charge in [0.1, 0.15) is 17.9 Å². The van der Waals surface area contributed by atoms with Gasteiger partial charge in [-0.05, 0) is 48.6 Å². The Kier molecular flexibility index (Phi) is 3.91. The molecule has 24 heavy (non-hydrogen) atoms. The van der Waals surface area contributed by atoms with Crippen LogP contribution in [0.15, 0.2) is 63.8 Å². The van der Waals surface area contributed by atoms with Crippen LogP contribution in [0.3, 0.4) is 0 Å². The number of ether oxygens (including phenoxy) is 1. The molecule has 0 unspecified atom stereocenters. The molecule has 0 amide bonds. The fourth-order valence-corrected chi connectivity index (χ4v) is 3.25. The van der Waals surface area contributed by atoms with Crippen molar-refractivity contribution in [3.05, 3.63) is 81.7 Å². The normalized spacial score (nSPS) is 13.5. The first-order chi connectivity index (χ1) is 11.8. The summed E-state index contributed by atoms with van der Waals surface area (Å²) in [6, 6.07) is 15.8. The molecule has 1 heterocycles. The SMILES string of the molecule is O=c1oc2cc(OCC=Cc3ccccc3)ccc2c2c1CCC2. The number of hydrogen-bond acceptors (Lipinski definition) is 3. The fourth-order valence-electron chi connectivity index (χ4n) is 3.25. The molecule has 0 saturated heterocycles. The van der Waals surface area contributed by atoms with Crippen molar-refractivity contribution in [1.29, 1.82) is 0 Å². The van der Waals surface area contributed by atoms with Crippen LogP contribution in [0.2, 0.25) is 0 Å². The van der Waals surface area contributed by atoms with Gasteiger partial charge in [-0.2, -0.15) is 0 Å². The molecule has 0 fully saturated rings. The van der Waals surface area contributed by atoms with E-state index in [0.29, 0.717) is 17.9 Å². The molecule has 2 aromatic carbocycles. The van der Waals surface area contributed by atoms with Crippen LogP contribution >= 0.6 is 0 Å². The van der Waals surface area contributed by atoms with Crippen molar-refractivity contribution in [3.63, 3.8) is 0 Å². The van der Waals surface area contributed by atoms with Crippen molar-refractivity contribution in [2.75, 3.05) is 6.61 Å². The van der Waals surface area contributed by atoms with Gasteiger partial charge in [0.2, 0.25) is 0 Å². The van der Waals surface area contributed by atoms with Gasteiger partial charge in [0, 0.05) is 17.0 Å². The van der Waals surface area contributed by atoms with Crippen LogP contribution in [-0.4, -0.2) is 6.61 Å². The van der Waals surface area contributed by atoms with E-state index in [1.807, 2.05) is 60.7 Å². The lowest BCUT2D eigenvalue weighted by molar-refractivity contribution is 0.363. The molecule has 0 saturated carbocycles. The Hall–Kier alpha value is -2.81. The van der Waals surface area contributed by atoms with Gasteiger partial charge in [0.25, 0.3) is 0 Å². The van der Waals surface area contributed by atoms with Crippen LogP contribution in [0, 0.1) is 0 Å². The summed E-state index contributed by atoms with van der Waals surface area (Å²) in [5.41, 5.74) is 3.56. The summed E-state index contributed by atoms with van der Waals surface area (Å²) in [6.45, 7) is 0.468. The van der Waals surface area contributed by atoms with Crippen molar-refractivity contribution in [3.8, 4) is 5.75 Å². The van der Waals surface area contributed by atoms with Gasteiger partial charge >= 0.3 is 5.63 Å². The zero-order valence-corrected chi connectivity index (χ0v) is 13.3. The van der Waals surface area contributed by atoms with Crippen LogP contribution in [0.5, 0.6) is 5.75 Å². The highest BCUT2D eigenvalue weighted by atomic mass is 16.5. The fraction of sp³-hybridized carbons (Fsp3) is 0.190. The average molecular weight is 318 g/mol. The molecule has 0 spiro atoms. The largest absolute Gasteiger partial charge is 0.489 e. The number of fused-ring (bicyclic) bond motifs is 3. The third kappa shape index (κ3) is 2.85. The molecule has 4 rings (SSSR count). The van der Waals surface area contributed by atoms with E-state index in [4.69, 9.17) is 9.15 Å². The minimum absolute atomic E-state index is 0.198. The highest BCUT2D eigenvalue weighted by Crippen LogP contribution is 2.29. The Morgan fingerprint density at radius 2 is 1.88 bits per heavy atom. The predicted octanol–water partition coefficient (Wildman–Crippen LogP) is 4.37. The zero-order valence-electron chi connectivity index (χ0n) is 13.3. The molecule has 1 aromatic heterocycles. The second-order valence-corrected chi connectivity index (χ2v) is 5.98. The Bertz CT molecular complexity index is 952. The molecule has 3 aromatic rings. The Labute approximate surface area is 140 Å². The first kappa shape index (κ1) is 14.8. The van der Waals surface area contributed by atoms with E-state index in [1.165, 1.54) is 0 Å². The molecule has 0 N–H and O–H groups in total. The van der Waals surface area contributed by atoms with Gasteiger partial charge in [-0.1, -0.05) is 36.4 Å². The van der Waals surface area contributed by atoms with Crippen molar-refractivity contribution < 1.29 is 9.15 Å². The summed E-state index contributed by atoms with van der Waals surface area (Å²) < 4.78 is 11.2. The number of benzene rings is 2. The molecular formula is C21H18O3. The van der Waals surface area contributed by atoms with E-state index in [9.17, 15) is 4.79 Å². The molecule has 0 bridgehead atoms. The number of rotatable bonds is 4. The van der Waals surface area contributed by atoms with Crippen molar-refractivity contribution in [2.45, 2.75) is 19.3 Å². The van der Waals surface area contributed by atoms with Crippen LogP contribution in [0.1, 0.15) is 23.1 Å². The molecule has 3 nitrogen and oxygen atoms in total. The Balaban J connectivity index is 1.52. The molecular weight excluding hydrogens is 300 g/mol.